The third kappa shape index (κ3) is 5.92. The number of hydrogen-bond donors (Lipinski definition) is 1. The van der Waals surface area contributed by atoms with Gasteiger partial charge in [0.15, 0.2) is 0 Å². The number of carbonyl (C=O) groups is 2. The minimum atomic E-state index is -0.279. The predicted molar refractivity (Wildman–Crippen MR) is 147 cm³/mol. The Morgan fingerprint density at radius 3 is 2.68 bits per heavy atom. The number of likely N-dealkylation sites (tertiary alicyclic amines) is 1. The van der Waals surface area contributed by atoms with Crippen LogP contribution in [0.15, 0.2) is 54.7 Å². The van der Waals surface area contributed by atoms with Crippen LogP contribution in [-0.4, -0.2) is 61.5 Å². The molecule has 2 aliphatic rings. The van der Waals surface area contributed by atoms with Crippen LogP contribution in [0, 0.1) is 0 Å². The standard InChI is InChI=1S/C29H31ClN4O4/c1-31-29(36)25-19-23(9-11-32-25)38-22-7-8-26-20(17-22)10-14-34(26)27(35)18-21-5-4-6-24(30)28(21)37-16-15-33-12-2-3-13-33/h4-9,11,17,19H,2-3,10,12-16,18H2,1H3,(H,31,36). The van der Waals surface area contributed by atoms with E-state index in [0.29, 0.717) is 35.4 Å². The summed E-state index contributed by atoms with van der Waals surface area (Å²) in [6.45, 7) is 4.22. The summed E-state index contributed by atoms with van der Waals surface area (Å²) in [6.07, 6.45) is 4.94. The van der Waals surface area contributed by atoms with E-state index >= 15 is 0 Å². The summed E-state index contributed by atoms with van der Waals surface area (Å²) in [6, 6.07) is 14.5. The lowest BCUT2D eigenvalue weighted by Crippen LogP contribution is -2.30. The molecule has 0 saturated carbocycles. The Morgan fingerprint density at radius 1 is 1.05 bits per heavy atom. The van der Waals surface area contributed by atoms with Crippen LogP contribution < -0.4 is 19.7 Å². The molecule has 1 aromatic heterocycles. The number of ether oxygens (including phenoxy) is 2. The number of rotatable bonds is 9. The Labute approximate surface area is 227 Å². The lowest BCUT2D eigenvalue weighted by molar-refractivity contribution is -0.117. The zero-order valence-corrected chi connectivity index (χ0v) is 22.2. The van der Waals surface area contributed by atoms with Crippen LogP contribution in [0.5, 0.6) is 17.2 Å². The fourth-order valence-corrected chi connectivity index (χ4v) is 5.21. The number of hydrogen-bond acceptors (Lipinski definition) is 6. The van der Waals surface area contributed by atoms with Gasteiger partial charge >= 0.3 is 0 Å². The highest BCUT2D eigenvalue weighted by atomic mass is 35.5. The first-order chi connectivity index (χ1) is 18.5. The summed E-state index contributed by atoms with van der Waals surface area (Å²) < 4.78 is 12.1. The number of benzene rings is 2. The van der Waals surface area contributed by atoms with Gasteiger partial charge in [0.1, 0.15) is 29.5 Å². The number of carbonyl (C=O) groups excluding carboxylic acids is 2. The summed E-state index contributed by atoms with van der Waals surface area (Å²) in [5, 5.41) is 3.08. The Bertz CT molecular complexity index is 1330. The van der Waals surface area contributed by atoms with Gasteiger partial charge in [-0.3, -0.25) is 19.5 Å². The van der Waals surface area contributed by atoms with Crippen LogP contribution >= 0.6 is 11.6 Å². The second-order valence-electron chi connectivity index (χ2n) is 9.45. The molecule has 0 spiro atoms. The van der Waals surface area contributed by atoms with Crippen molar-refractivity contribution in [3.63, 3.8) is 0 Å². The fraction of sp³-hybridized carbons (Fsp3) is 0.345. The van der Waals surface area contributed by atoms with E-state index in [1.807, 2.05) is 35.2 Å². The van der Waals surface area contributed by atoms with Crippen molar-refractivity contribution < 1.29 is 19.1 Å². The van der Waals surface area contributed by atoms with E-state index in [4.69, 9.17) is 21.1 Å². The normalized spacial score (nSPS) is 14.8. The molecule has 9 heteroatoms. The minimum absolute atomic E-state index is 0.00608. The molecule has 1 fully saturated rings. The molecular weight excluding hydrogens is 504 g/mol. The largest absolute Gasteiger partial charge is 0.490 e. The highest BCUT2D eigenvalue weighted by Crippen LogP contribution is 2.35. The van der Waals surface area contributed by atoms with Gasteiger partial charge in [0.25, 0.3) is 5.91 Å². The smallest absolute Gasteiger partial charge is 0.269 e. The van der Waals surface area contributed by atoms with Crippen molar-refractivity contribution in [1.82, 2.24) is 15.2 Å². The number of nitrogens with one attached hydrogen (secondary N) is 1. The van der Waals surface area contributed by atoms with E-state index in [2.05, 4.69) is 15.2 Å². The third-order valence-corrected chi connectivity index (χ3v) is 7.21. The van der Waals surface area contributed by atoms with Crippen molar-refractivity contribution in [2.45, 2.75) is 25.7 Å². The monoisotopic (exact) mass is 534 g/mol. The van der Waals surface area contributed by atoms with Crippen LogP contribution in [-0.2, 0) is 17.6 Å². The van der Waals surface area contributed by atoms with E-state index in [1.165, 1.54) is 19.0 Å². The summed E-state index contributed by atoms with van der Waals surface area (Å²) in [7, 11) is 1.56. The summed E-state index contributed by atoms with van der Waals surface area (Å²) in [4.78, 5) is 33.5. The van der Waals surface area contributed by atoms with Crippen molar-refractivity contribution in [2.75, 3.05) is 44.7 Å². The Kier molecular flexibility index (Phi) is 8.10. The summed E-state index contributed by atoms with van der Waals surface area (Å²) >= 11 is 6.46. The zero-order chi connectivity index (χ0) is 26.5. The number of aromatic nitrogens is 1. The highest BCUT2D eigenvalue weighted by molar-refractivity contribution is 6.32. The van der Waals surface area contributed by atoms with Gasteiger partial charge in [-0.15, -0.1) is 0 Å². The van der Waals surface area contributed by atoms with E-state index in [1.54, 1.807) is 25.2 Å². The van der Waals surface area contributed by atoms with Gasteiger partial charge in [-0.1, -0.05) is 23.7 Å². The van der Waals surface area contributed by atoms with Crippen LogP contribution in [0.4, 0.5) is 5.69 Å². The predicted octanol–water partition coefficient (Wildman–Crippen LogP) is 4.49. The molecule has 1 N–H and O–H groups in total. The van der Waals surface area contributed by atoms with Crippen molar-refractivity contribution in [1.29, 1.82) is 0 Å². The van der Waals surface area contributed by atoms with Crippen LogP contribution in [0.25, 0.3) is 0 Å². The van der Waals surface area contributed by atoms with Crippen molar-refractivity contribution in [3.05, 3.63) is 76.6 Å². The fourth-order valence-electron chi connectivity index (χ4n) is 4.96. The topological polar surface area (TPSA) is 84.0 Å². The molecule has 0 aliphatic carbocycles. The number of fused-ring (bicyclic) bond motifs is 1. The number of amides is 2. The average Bonchev–Trinajstić information content (AvgIpc) is 3.60. The van der Waals surface area contributed by atoms with Gasteiger partial charge in [-0.25, -0.2) is 0 Å². The molecule has 2 amide bonds. The van der Waals surface area contributed by atoms with E-state index in [0.717, 1.165) is 42.9 Å². The van der Waals surface area contributed by atoms with Crippen molar-refractivity contribution in [2.24, 2.45) is 0 Å². The van der Waals surface area contributed by atoms with Gasteiger partial charge < -0.3 is 19.7 Å². The molecule has 198 valence electrons. The first-order valence-electron chi connectivity index (χ1n) is 12.9. The number of pyridine rings is 1. The van der Waals surface area contributed by atoms with E-state index in [-0.39, 0.29) is 23.9 Å². The highest BCUT2D eigenvalue weighted by Gasteiger charge is 2.26. The maximum atomic E-state index is 13.4. The first-order valence-corrected chi connectivity index (χ1v) is 13.3. The first kappa shape index (κ1) is 26.0. The summed E-state index contributed by atoms with van der Waals surface area (Å²) in [5.41, 5.74) is 2.98. The molecule has 0 atom stereocenters. The maximum absolute atomic E-state index is 13.4. The summed E-state index contributed by atoms with van der Waals surface area (Å²) in [5.74, 6) is 1.46. The average molecular weight is 535 g/mol. The van der Waals surface area contributed by atoms with Gasteiger partial charge in [0.2, 0.25) is 5.91 Å². The van der Waals surface area contributed by atoms with Gasteiger partial charge in [0.05, 0.1) is 11.4 Å². The molecule has 38 heavy (non-hydrogen) atoms. The lowest BCUT2D eigenvalue weighted by Gasteiger charge is -2.20. The molecule has 0 bridgehead atoms. The molecular formula is C29H31ClN4O4. The molecule has 2 aromatic carbocycles. The molecule has 3 heterocycles. The van der Waals surface area contributed by atoms with Gasteiger partial charge in [-0.2, -0.15) is 0 Å². The zero-order valence-electron chi connectivity index (χ0n) is 21.4. The van der Waals surface area contributed by atoms with Gasteiger partial charge in [0, 0.05) is 43.7 Å². The van der Waals surface area contributed by atoms with Crippen LogP contribution in [0.2, 0.25) is 5.02 Å². The minimum Gasteiger partial charge on any atom is -0.490 e. The van der Waals surface area contributed by atoms with E-state index in [9.17, 15) is 9.59 Å². The quantitative estimate of drug-likeness (QED) is 0.435. The lowest BCUT2D eigenvalue weighted by atomic mass is 10.1. The van der Waals surface area contributed by atoms with Gasteiger partial charge in [-0.05, 0) is 68.2 Å². The Balaban J connectivity index is 1.25. The molecule has 2 aliphatic heterocycles. The van der Waals surface area contributed by atoms with Crippen molar-refractivity contribution >= 4 is 29.1 Å². The second kappa shape index (κ2) is 11.8. The molecule has 0 radical (unpaired) electrons. The maximum Gasteiger partial charge on any atom is 0.269 e. The number of halogens is 1. The molecule has 8 nitrogen and oxygen atoms in total. The molecule has 0 unspecified atom stereocenters. The molecule has 5 rings (SSSR count). The van der Waals surface area contributed by atoms with Crippen LogP contribution in [0.1, 0.15) is 34.5 Å². The Hall–Kier alpha value is -3.62. The molecule has 1 saturated heterocycles. The van der Waals surface area contributed by atoms with Crippen LogP contribution in [0.3, 0.4) is 0 Å². The third-order valence-electron chi connectivity index (χ3n) is 6.92. The van der Waals surface area contributed by atoms with E-state index < -0.39 is 0 Å². The molecule has 3 aromatic rings. The Morgan fingerprint density at radius 2 is 1.87 bits per heavy atom. The SMILES string of the molecule is CNC(=O)c1cc(Oc2ccc3c(c2)CCN3C(=O)Cc2cccc(Cl)c2OCCN2CCCC2)ccn1. The number of anilines is 1. The number of para-hydroxylation sites is 1. The second-order valence-corrected chi connectivity index (χ2v) is 9.85. The van der Waals surface area contributed by atoms with Crippen molar-refractivity contribution in [3.8, 4) is 17.2 Å². The number of nitrogens with zero attached hydrogens (tertiary/aromatic N) is 3.